The maximum absolute atomic E-state index is 12.5. The zero-order valence-corrected chi connectivity index (χ0v) is 15.8. The molecule has 1 heterocycles. The summed E-state index contributed by atoms with van der Waals surface area (Å²) in [7, 11) is 0. The molecule has 2 amide bonds. The Hall–Kier alpha value is -2.26. The predicted molar refractivity (Wildman–Crippen MR) is 99.7 cm³/mol. The third-order valence-corrected chi connectivity index (χ3v) is 4.33. The van der Waals surface area contributed by atoms with Gasteiger partial charge in [0.15, 0.2) is 5.76 Å². The first-order valence-corrected chi connectivity index (χ1v) is 9.56. The first kappa shape index (κ1) is 21.0. The zero-order chi connectivity index (χ0) is 19.8. The van der Waals surface area contributed by atoms with E-state index in [0.29, 0.717) is 12.2 Å². The van der Waals surface area contributed by atoms with Crippen LogP contribution in [0.1, 0.15) is 17.0 Å². The van der Waals surface area contributed by atoms with E-state index in [-0.39, 0.29) is 22.2 Å². The highest BCUT2D eigenvalue weighted by atomic mass is 35.5. The fourth-order valence-electron chi connectivity index (χ4n) is 2.14. The number of halogens is 3. The minimum absolute atomic E-state index is 0.0756. The van der Waals surface area contributed by atoms with Gasteiger partial charge in [-0.15, -0.1) is 0 Å². The summed E-state index contributed by atoms with van der Waals surface area (Å²) in [6, 6.07) is 6.13. The van der Waals surface area contributed by atoms with Crippen molar-refractivity contribution in [3.8, 4) is 5.75 Å². The SMILES string of the molecule is CSCCC(NC(=O)c1ccco1)C(=O)Nc1ccc(OC(F)F)c(Cl)c1. The molecule has 6 nitrogen and oxygen atoms in total. The van der Waals surface area contributed by atoms with Crippen LogP contribution in [0.15, 0.2) is 41.0 Å². The third-order valence-electron chi connectivity index (χ3n) is 3.39. The number of carbonyl (C=O) groups is 2. The zero-order valence-electron chi connectivity index (χ0n) is 14.2. The molecule has 1 atom stereocenters. The van der Waals surface area contributed by atoms with E-state index in [0.717, 1.165) is 0 Å². The number of amides is 2. The van der Waals surface area contributed by atoms with Gasteiger partial charge in [-0.1, -0.05) is 11.6 Å². The van der Waals surface area contributed by atoms with Crippen molar-refractivity contribution in [1.82, 2.24) is 5.32 Å². The van der Waals surface area contributed by atoms with E-state index in [1.54, 1.807) is 6.07 Å². The van der Waals surface area contributed by atoms with E-state index < -0.39 is 24.5 Å². The molecule has 0 fully saturated rings. The number of benzene rings is 1. The van der Waals surface area contributed by atoms with Gasteiger partial charge < -0.3 is 19.8 Å². The van der Waals surface area contributed by atoms with Crippen molar-refractivity contribution in [2.24, 2.45) is 0 Å². The second-order valence-electron chi connectivity index (χ2n) is 5.30. The van der Waals surface area contributed by atoms with Gasteiger partial charge in [0, 0.05) is 5.69 Å². The highest BCUT2D eigenvalue weighted by Crippen LogP contribution is 2.29. The largest absolute Gasteiger partial charge is 0.459 e. The van der Waals surface area contributed by atoms with Gasteiger partial charge in [-0.25, -0.2) is 0 Å². The first-order chi connectivity index (χ1) is 12.9. The number of alkyl halides is 2. The van der Waals surface area contributed by atoms with Crippen molar-refractivity contribution in [1.29, 1.82) is 0 Å². The third kappa shape index (κ3) is 6.44. The molecule has 0 aliphatic heterocycles. The van der Waals surface area contributed by atoms with Gasteiger partial charge in [-0.2, -0.15) is 20.5 Å². The molecule has 146 valence electrons. The van der Waals surface area contributed by atoms with Crippen molar-refractivity contribution in [2.75, 3.05) is 17.3 Å². The second kappa shape index (κ2) is 10.2. The summed E-state index contributed by atoms with van der Waals surface area (Å²) < 4.78 is 33.8. The number of hydrogen-bond acceptors (Lipinski definition) is 5. The van der Waals surface area contributed by atoms with Crippen LogP contribution in [-0.2, 0) is 4.79 Å². The Labute approximate surface area is 163 Å². The Bertz CT molecular complexity index is 774. The van der Waals surface area contributed by atoms with Crippen LogP contribution in [0.4, 0.5) is 14.5 Å². The van der Waals surface area contributed by atoms with Crippen LogP contribution < -0.4 is 15.4 Å². The summed E-state index contributed by atoms with van der Waals surface area (Å²) >= 11 is 7.40. The van der Waals surface area contributed by atoms with Gasteiger partial charge in [0.1, 0.15) is 11.8 Å². The van der Waals surface area contributed by atoms with Crippen LogP contribution in [0, 0.1) is 0 Å². The fourth-order valence-corrected chi connectivity index (χ4v) is 2.84. The summed E-state index contributed by atoms with van der Waals surface area (Å²) in [4.78, 5) is 24.7. The van der Waals surface area contributed by atoms with Gasteiger partial charge in [0.25, 0.3) is 5.91 Å². The van der Waals surface area contributed by atoms with Gasteiger partial charge in [0.2, 0.25) is 5.91 Å². The molecule has 0 saturated carbocycles. The molecule has 0 bridgehead atoms. The van der Waals surface area contributed by atoms with Crippen LogP contribution in [0.2, 0.25) is 5.02 Å². The molecule has 0 saturated heterocycles. The van der Waals surface area contributed by atoms with Crippen molar-refractivity contribution in [2.45, 2.75) is 19.1 Å². The van der Waals surface area contributed by atoms with E-state index >= 15 is 0 Å². The number of rotatable bonds is 9. The van der Waals surface area contributed by atoms with Crippen molar-refractivity contribution in [3.05, 3.63) is 47.4 Å². The fraction of sp³-hybridized carbons (Fsp3) is 0.294. The van der Waals surface area contributed by atoms with Crippen LogP contribution in [-0.4, -0.2) is 36.5 Å². The van der Waals surface area contributed by atoms with E-state index in [1.165, 1.54) is 42.3 Å². The van der Waals surface area contributed by atoms with Gasteiger partial charge in [0.05, 0.1) is 11.3 Å². The Morgan fingerprint density at radius 3 is 2.70 bits per heavy atom. The number of hydrogen-bond donors (Lipinski definition) is 2. The molecule has 0 radical (unpaired) electrons. The number of thioether (sulfide) groups is 1. The summed E-state index contributed by atoms with van der Waals surface area (Å²) in [6.45, 7) is -3.00. The summed E-state index contributed by atoms with van der Waals surface area (Å²) in [5.74, 6) is -0.455. The van der Waals surface area contributed by atoms with Crippen molar-refractivity contribution >= 4 is 40.9 Å². The average molecular weight is 419 g/mol. The number of anilines is 1. The molecule has 2 rings (SSSR count). The number of furan rings is 1. The molecule has 1 aromatic heterocycles. The lowest BCUT2D eigenvalue weighted by molar-refractivity contribution is -0.118. The molecule has 10 heteroatoms. The smallest absolute Gasteiger partial charge is 0.387 e. The van der Waals surface area contributed by atoms with E-state index in [4.69, 9.17) is 16.0 Å². The molecule has 0 spiro atoms. The molecule has 2 aromatic rings. The quantitative estimate of drug-likeness (QED) is 0.642. The summed E-state index contributed by atoms with van der Waals surface area (Å²) in [5, 5.41) is 5.14. The van der Waals surface area contributed by atoms with Crippen LogP contribution in [0.3, 0.4) is 0 Å². The molecule has 1 unspecified atom stereocenters. The summed E-state index contributed by atoms with van der Waals surface area (Å²) in [5.41, 5.74) is 0.285. The highest BCUT2D eigenvalue weighted by molar-refractivity contribution is 7.98. The van der Waals surface area contributed by atoms with Gasteiger partial charge >= 0.3 is 6.61 Å². The lowest BCUT2D eigenvalue weighted by atomic mass is 10.2. The van der Waals surface area contributed by atoms with E-state index in [2.05, 4.69) is 15.4 Å². The van der Waals surface area contributed by atoms with Crippen LogP contribution in [0.5, 0.6) is 5.75 Å². The Kier molecular flexibility index (Phi) is 7.93. The molecule has 0 aliphatic rings. The first-order valence-electron chi connectivity index (χ1n) is 7.79. The number of ether oxygens (including phenoxy) is 1. The second-order valence-corrected chi connectivity index (χ2v) is 6.69. The minimum atomic E-state index is -3.00. The monoisotopic (exact) mass is 418 g/mol. The Morgan fingerprint density at radius 2 is 2.11 bits per heavy atom. The highest BCUT2D eigenvalue weighted by Gasteiger charge is 2.22. The lowest BCUT2D eigenvalue weighted by Gasteiger charge is -2.18. The molecular formula is C17H17ClF2N2O4S. The van der Waals surface area contributed by atoms with Gasteiger partial charge in [-0.3, -0.25) is 9.59 Å². The normalized spacial score (nSPS) is 11.9. The van der Waals surface area contributed by atoms with Crippen LogP contribution in [0.25, 0.3) is 0 Å². The molecule has 27 heavy (non-hydrogen) atoms. The minimum Gasteiger partial charge on any atom is -0.459 e. The number of nitrogens with one attached hydrogen (secondary N) is 2. The molecule has 1 aromatic carbocycles. The molecular weight excluding hydrogens is 402 g/mol. The Morgan fingerprint density at radius 1 is 1.33 bits per heavy atom. The average Bonchev–Trinajstić information content (AvgIpc) is 3.15. The van der Waals surface area contributed by atoms with Crippen molar-refractivity contribution in [3.63, 3.8) is 0 Å². The topological polar surface area (TPSA) is 80.6 Å². The number of carbonyl (C=O) groups excluding carboxylic acids is 2. The maximum Gasteiger partial charge on any atom is 0.387 e. The molecule has 0 aliphatic carbocycles. The predicted octanol–water partition coefficient (Wildman–Crippen LogP) is 4.02. The lowest BCUT2D eigenvalue weighted by Crippen LogP contribution is -2.44. The molecule has 2 N–H and O–H groups in total. The van der Waals surface area contributed by atoms with Gasteiger partial charge in [-0.05, 0) is 48.8 Å². The summed E-state index contributed by atoms with van der Waals surface area (Å²) in [6.07, 6.45) is 3.63. The van der Waals surface area contributed by atoms with Crippen LogP contribution >= 0.6 is 23.4 Å². The van der Waals surface area contributed by atoms with Crippen molar-refractivity contribution < 1.29 is 27.5 Å². The van der Waals surface area contributed by atoms with E-state index in [1.807, 2.05) is 6.26 Å². The van der Waals surface area contributed by atoms with E-state index in [9.17, 15) is 18.4 Å². The maximum atomic E-state index is 12.5. The standard InChI is InChI=1S/C17H17ClF2N2O4S/c1-27-8-6-12(22-16(24)14-3-2-7-25-14)15(23)21-10-4-5-13(11(18)9-10)26-17(19)20/h2-5,7,9,12,17H,6,8H2,1H3,(H,21,23)(H,22,24). The Balaban J connectivity index is 2.06.